The van der Waals surface area contributed by atoms with Gasteiger partial charge >= 0.3 is 6.09 Å². The normalized spacial score (nSPS) is 24.1. The van der Waals surface area contributed by atoms with Gasteiger partial charge in [-0.2, -0.15) is 5.26 Å². The fourth-order valence-corrected chi connectivity index (χ4v) is 3.89. The summed E-state index contributed by atoms with van der Waals surface area (Å²) in [5.41, 5.74) is -0.0795. The van der Waals surface area contributed by atoms with E-state index in [1.165, 1.54) is 6.20 Å². The van der Waals surface area contributed by atoms with E-state index < -0.39 is 17.7 Å². The topological polar surface area (TPSA) is 105 Å². The van der Waals surface area contributed by atoms with Gasteiger partial charge in [0.1, 0.15) is 23.8 Å². The molecule has 2 fully saturated rings. The molecule has 162 valence electrons. The Morgan fingerprint density at radius 2 is 1.93 bits per heavy atom. The first-order chi connectivity index (χ1) is 14.2. The molecule has 1 saturated heterocycles. The first-order valence-electron chi connectivity index (χ1n) is 10.6. The SMILES string of the molecule is CC(C)(C)OC(=O)N1CCCC1C(=O)NC1CCC(Oc2ccc(C#N)cn2)CC1. The number of aromatic nitrogens is 1. The van der Waals surface area contributed by atoms with E-state index in [1.54, 1.807) is 17.0 Å². The number of pyridine rings is 1. The summed E-state index contributed by atoms with van der Waals surface area (Å²) in [7, 11) is 0. The van der Waals surface area contributed by atoms with Gasteiger partial charge < -0.3 is 14.8 Å². The zero-order chi connectivity index (χ0) is 21.7. The molecule has 2 heterocycles. The predicted molar refractivity (Wildman–Crippen MR) is 110 cm³/mol. The molecule has 1 aliphatic carbocycles. The molecule has 1 aliphatic heterocycles. The van der Waals surface area contributed by atoms with Crippen LogP contribution in [0.1, 0.15) is 64.9 Å². The fraction of sp³-hybridized carbons (Fsp3) is 0.636. The van der Waals surface area contributed by atoms with E-state index in [2.05, 4.69) is 10.3 Å². The Bertz CT molecular complexity index is 789. The summed E-state index contributed by atoms with van der Waals surface area (Å²) in [6, 6.07) is 5.04. The minimum absolute atomic E-state index is 0.0448. The summed E-state index contributed by atoms with van der Waals surface area (Å²) < 4.78 is 11.3. The second kappa shape index (κ2) is 9.33. The Balaban J connectivity index is 1.46. The van der Waals surface area contributed by atoms with E-state index in [0.29, 0.717) is 24.4 Å². The number of likely N-dealkylation sites (tertiary alicyclic amines) is 1. The molecule has 30 heavy (non-hydrogen) atoms. The van der Waals surface area contributed by atoms with Gasteiger partial charge in [-0.3, -0.25) is 9.69 Å². The molecule has 2 aliphatic rings. The van der Waals surface area contributed by atoms with E-state index in [9.17, 15) is 9.59 Å². The molecule has 8 nitrogen and oxygen atoms in total. The standard InChI is InChI=1S/C22H30N4O4/c1-22(2,3)30-21(28)26-12-4-5-18(26)20(27)25-16-7-9-17(10-8-16)29-19-11-6-15(13-23)14-24-19/h6,11,14,16-18H,4-5,7-10,12H2,1-3H3,(H,25,27). The maximum absolute atomic E-state index is 12.8. The average molecular weight is 415 g/mol. The quantitative estimate of drug-likeness (QED) is 0.811. The second-order valence-electron chi connectivity index (χ2n) is 8.93. The van der Waals surface area contributed by atoms with Crippen molar-refractivity contribution in [2.45, 2.75) is 83.1 Å². The lowest BCUT2D eigenvalue weighted by Gasteiger charge is -2.32. The molecule has 2 amide bonds. The number of hydrogen-bond donors (Lipinski definition) is 1. The van der Waals surface area contributed by atoms with Crippen molar-refractivity contribution in [3.63, 3.8) is 0 Å². The summed E-state index contributed by atoms with van der Waals surface area (Å²) in [4.78, 5) is 30.9. The molecule has 0 radical (unpaired) electrons. The van der Waals surface area contributed by atoms with Gasteiger partial charge in [-0.15, -0.1) is 0 Å². The largest absolute Gasteiger partial charge is 0.474 e. The summed E-state index contributed by atoms with van der Waals surface area (Å²) in [5, 5.41) is 11.9. The molecule has 8 heteroatoms. The van der Waals surface area contributed by atoms with Crippen LogP contribution in [0.3, 0.4) is 0 Å². The van der Waals surface area contributed by atoms with Gasteiger partial charge in [-0.05, 0) is 65.4 Å². The molecule has 0 aromatic carbocycles. The first-order valence-corrected chi connectivity index (χ1v) is 10.6. The van der Waals surface area contributed by atoms with Gasteiger partial charge in [0.25, 0.3) is 0 Å². The highest BCUT2D eigenvalue weighted by atomic mass is 16.6. The maximum Gasteiger partial charge on any atom is 0.410 e. The van der Waals surface area contributed by atoms with Gasteiger partial charge in [-0.25, -0.2) is 9.78 Å². The number of nitrogens with one attached hydrogen (secondary N) is 1. The zero-order valence-electron chi connectivity index (χ0n) is 17.9. The Hall–Kier alpha value is -2.82. The fourth-order valence-electron chi connectivity index (χ4n) is 3.89. The van der Waals surface area contributed by atoms with Crippen LogP contribution >= 0.6 is 0 Å². The third kappa shape index (κ3) is 5.85. The molecule has 3 rings (SSSR count). The van der Waals surface area contributed by atoms with Crippen molar-refractivity contribution in [3.8, 4) is 11.9 Å². The monoisotopic (exact) mass is 414 g/mol. The molecule has 1 aromatic rings. The van der Waals surface area contributed by atoms with Gasteiger partial charge in [-0.1, -0.05) is 0 Å². The molecule has 0 bridgehead atoms. The molecule has 1 saturated carbocycles. The van der Waals surface area contributed by atoms with Crippen LogP contribution in [0.4, 0.5) is 4.79 Å². The van der Waals surface area contributed by atoms with Crippen LogP contribution in [0.25, 0.3) is 0 Å². The van der Waals surface area contributed by atoms with E-state index in [4.69, 9.17) is 14.7 Å². The van der Waals surface area contributed by atoms with Crippen molar-refractivity contribution in [1.82, 2.24) is 15.2 Å². The van der Waals surface area contributed by atoms with E-state index >= 15 is 0 Å². The van der Waals surface area contributed by atoms with Crippen LogP contribution in [-0.2, 0) is 9.53 Å². The van der Waals surface area contributed by atoms with Crippen LogP contribution in [0.5, 0.6) is 5.88 Å². The number of rotatable bonds is 4. The molecular weight excluding hydrogens is 384 g/mol. The Morgan fingerprint density at radius 1 is 1.20 bits per heavy atom. The average Bonchev–Trinajstić information content (AvgIpc) is 3.19. The Labute approximate surface area is 177 Å². The van der Waals surface area contributed by atoms with Gasteiger partial charge in [0.2, 0.25) is 11.8 Å². The van der Waals surface area contributed by atoms with Crippen molar-refractivity contribution in [2.24, 2.45) is 0 Å². The number of carbonyl (C=O) groups is 2. The first kappa shape index (κ1) is 21.9. The number of ether oxygens (including phenoxy) is 2. The second-order valence-corrected chi connectivity index (χ2v) is 8.93. The van der Waals surface area contributed by atoms with Crippen LogP contribution in [-0.4, -0.2) is 52.2 Å². The zero-order valence-corrected chi connectivity index (χ0v) is 17.9. The molecule has 0 spiro atoms. The number of nitriles is 1. The number of hydrogen-bond acceptors (Lipinski definition) is 6. The molecule has 1 atom stereocenters. The summed E-state index contributed by atoms with van der Waals surface area (Å²) in [6.45, 7) is 6.02. The van der Waals surface area contributed by atoms with Crippen molar-refractivity contribution < 1.29 is 19.1 Å². The van der Waals surface area contributed by atoms with Crippen molar-refractivity contribution in [2.75, 3.05) is 6.54 Å². The predicted octanol–water partition coefficient (Wildman–Crippen LogP) is 3.16. The lowest BCUT2D eigenvalue weighted by atomic mass is 9.92. The number of nitrogens with zero attached hydrogens (tertiary/aromatic N) is 3. The Morgan fingerprint density at radius 3 is 2.53 bits per heavy atom. The highest BCUT2D eigenvalue weighted by Crippen LogP contribution is 2.25. The van der Waals surface area contributed by atoms with E-state index in [1.807, 2.05) is 26.8 Å². The third-order valence-corrected chi connectivity index (χ3v) is 5.36. The van der Waals surface area contributed by atoms with E-state index in [0.717, 1.165) is 32.1 Å². The molecule has 1 unspecified atom stereocenters. The maximum atomic E-state index is 12.8. The van der Waals surface area contributed by atoms with Gasteiger partial charge in [0, 0.05) is 24.8 Å². The summed E-state index contributed by atoms with van der Waals surface area (Å²) in [6.07, 6.45) is 5.83. The van der Waals surface area contributed by atoms with Crippen molar-refractivity contribution >= 4 is 12.0 Å². The van der Waals surface area contributed by atoms with Crippen LogP contribution in [0.15, 0.2) is 18.3 Å². The van der Waals surface area contributed by atoms with Crippen LogP contribution in [0.2, 0.25) is 0 Å². The number of amides is 2. The van der Waals surface area contributed by atoms with Gasteiger partial charge in [0.15, 0.2) is 0 Å². The van der Waals surface area contributed by atoms with Crippen LogP contribution < -0.4 is 10.1 Å². The smallest absolute Gasteiger partial charge is 0.410 e. The lowest BCUT2D eigenvalue weighted by Crippen LogP contribution is -2.50. The molecule has 1 aromatic heterocycles. The van der Waals surface area contributed by atoms with Crippen molar-refractivity contribution in [1.29, 1.82) is 5.26 Å². The van der Waals surface area contributed by atoms with Crippen molar-refractivity contribution in [3.05, 3.63) is 23.9 Å². The highest BCUT2D eigenvalue weighted by Gasteiger charge is 2.37. The molecule has 1 N–H and O–H groups in total. The highest BCUT2D eigenvalue weighted by molar-refractivity contribution is 5.86. The lowest BCUT2D eigenvalue weighted by molar-refractivity contribution is -0.126. The van der Waals surface area contributed by atoms with Crippen LogP contribution in [0, 0.1) is 11.3 Å². The third-order valence-electron chi connectivity index (χ3n) is 5.36. The Kier molecular flexibility index (Phi) is 6.80. The summed E-state index contributed by atoms with van der Waals surface area (Å²) in [5.74, 6) is 0.414. The van der Waals surface area contributed by atoms with Gasteiger partial charge in [0.05, 0.1) is 5.56 Å². The molecular formula is C22H30N4O4. The van der Waals surface area contributed by atoms with E-state index in [-0.39, 0.29) is 18.1 Å². The summed E-state index contributed by atoms with van der Waals surface area (Å²) >= 11 is 0. The minimum atomic E-state index is -0.580. The number of carbonyl (C=O) groups excluding carboxylic acids is 2. The minimum Gasteiger partial charge on any atom is -0.474 e.